The first-order valence-electron chi connectivity index (χ1n) is 6.93. The van der Waals surface area contributed by atoms with E-state index in [0.29, 0.717) is 37.6 Å². The van der Waals surface area contributed by atoms with Gasteiger partial charge in [0.2, 0.25) is 0 Å². The molecule has 1 aromatic heterocycles. The topological polar surface area (TPSA) is 83.4 Å². The number of ether oxygens (including phenoxy) is 2. The van der Waals surface area contributed by atoms with Crippen LogP contribution in [0.4, 0.5) is 0 Å². The van der Waals surface area contributed by atoms with Crippen molar-refractivity contribution in [3.8, 4) is 0 Å². The highest BCUT2D eigenvalue weighted by atomic mass is 16.5. The first kappa shape index (κ1) is 14.4. The van der Waals surface area contributed by atoms with Gasteiger partial charge in [-0.25, -0.2) is 0 Å². The van der Waals surface area contributed by atoms with Crippen molar-refractivity contribution in [1.82, 2.24) is 10.1 Å². The third-order valence-electron chi connectivity index (χ3n) is 3.22. The Balaban J connectivity index is 1.84. The Morgan fingerprint density at radius 1 is 1.47 bits per heavy atom. The van der Waals surface area contributed by atoms with Crippen LogP contribution in [0.15, 0.2) is 4.52 Å². The SMILES string of the molecule is CCCOCc1nc(C(C)(N)COC2CCC2)no1. The van der Waals surface area contributed by atoms with Gasteiger partial charge in [-0.15, -0.1) is 0 Å². The summed E-state index contributed by atoms with van der Waals surface area (Å²) in [6, 6.07) is 0. The molecule has 6 nitrogen and oxygen atoms in total. The summed E-state index contributed by atoms with van der Waals surface area (Å²) in [6.07, 6.45) is 4.80. The Hall–Kier alpha value is -0.980. The maximum Gasteiger partial charge on any atom is 0.252 e. The van der Waals surface area contributed by atoms with Gasteiger partial charge in [0.25, 0.3) is 5.89 Å². The lowest BCUT2D eigenvalue weighted by molar-refractivity contribution is -0.0222. The minimum atomic E-state index is -0.720. The maximum atomic E-state index is 6.18. The van der Waals surface area contributed by atoms with Crippen molar-refractivity contribution >= 4 is 0 Å². The van der Waals surface area contributed by atoms with E-state index in [-0.39, 0.29) is 0 Å². The van der Waals surface area contributed by atoms with Crippen LogP contribution in [0.3, 0.4) is 0 Å². The van der Waals surface area contributed by atoms with Crippen molar-refractivity contribution in [3.63, 3.8) is 0 Å². The second kappa shape index (κ2) is 6.45. The van der Waals surface area contributed by atoms with Crippen LogP contribution in [0, 0.1) is 0 Å². The first-order valence-corrected chi connectivity index (χ1v) is 6.93. The van der Waals surface area contributed by atoms with Gasteiger partial charge in [0.1, 0.15) is 12.1 Å². The number of aromatic nitrogens is 2. The minimum Gasteiger partial charge on any atom is -0.376 e. The summed E-state index contributed by atoms with van der Waals surface area (Å²) < 4.78 is 16.2. The van der Waals surface area contributed by atoms with Crippen molar-refractivity contribution in [3.05, 3.63) is 11.7 Å². The summed E-state index contributed by atoms with van der Waals surface area (Å²) in [5, 5.41) is 3.92. The smallest absolute Gasteiger partial charge is 0.252 e. The van der Waals surface area contributed by atoms with Crippen LogP contribution in [0.5, 0.6) is 0 Å². The average molecular weight is 269 g/mol. The molecule has 1 unspecified atom stereocenters. The summed E-state index contributed by atoms with van der Waals surface area (Å²) in [7, 11) is 0. The number of nitrogens with zero attached hydrogens (tertiary/aromatic N) is 2. The molecule has 1 heterocycles. The molecule has 1 aromatic rings. The van der Waals surface area contributed by atoms with Gasteiger partial charge < -0.3 is 19.7 Å². The fourth-order valence-electron chi connectivity index (χ4n) is 1.74. The predicted octanol–water partition coefficient (Wildman–Crippen LogP) is 1.74. The zero-order valence-corrected chi connectivity index (χ0v) is 11.7. The lowest BCUT2D eigenvalue weighted by Crippen LogP contribution is -2.41. The zero-order chi connectivity index (χ0) is 13.7. The Kier molecular flexibility index (Phi) is 4.90. The fourth-order valence-corrected chi connectivity index (χ4v) is 1.74. The first-order chi connectivity index (χ1) is 9.12. The van der Waals surface area contributed by atoms with E-state index in [0.717, 1.165) is 19.3 Å². The van der Waals surface area contributed by atoms with E-state index < -0.39 is 5.54 Å². The van der Waals surface area contributed by atoms with Gasteiger partial charge in [-0.1, -0.05) is 12.1 Å². The van der Waals surface area contributed by atoms with Crippen molar-refractivity contribution < 1.29 is 14.0 Å². The summed E-state index contributed by atoms with van der Waals surface area (Å²) >= 11 is 0. The zero-order valence-electron chi connectivity index (χ0n) is 11.7. The average Bonchev–Trinajstić information content (AvgIpc) is 2.76. The fraction of sp³-hybridized carbons (Fsp3) is 0.846. The molecule has 1 aliphatic carbocycles. The number of nitrogens with two attached hydrogens (primary N) is 1. The van der Waals surface area contributed by atoms with Gasteiger partial charge in [-0.2, -0.15) is 4.98 Å². The number of hydrogen-bond acceptors (Lipinski definition) is 6. The summed E-state index contributed by atoms with van der Waals surface area (Å²) in [4.78, 5) is 4.27. The van der Waals surface area contributed by atoms with E-state index in [4.69, 9.17) is 19.7 Å². The van der Waals surface area contributed by atoms with Gasteiger partial charge in [-0.3, -0.25) is 0 Å². The second-order valence-corrected chi connectivity index (χ2v) is 5.35. The van der Waals surface area contributed by atoms with Gasteiger partial charge in [-0.05, 0) is 32.6 Å². The van der Waals surface area contributed by atoms with E-state index >= 15 is 0 Å². The van der Waals surface area contributed by atoms with E-state index in [9.17, 15) is 0 Å². The standard InChI is InChI=1S/C13H23N3O3/c1-3-7-17-8-11-15-12(16-19-11)13(2,14)9-18-10-5-4-6-10/h10H,3-9,14H2,1-2H3. The van der Waals surface area contributed by atoms with Crippen molar-refractivity contribution in [2.45, 2.75) is 57.8 Å². The van der Waals surface area contributed by atoms with Crippen LogP contribution >= 0.6 is 0 Å². The van der Waals surface area contributed by atoms with Gasteiger partial charge in [0.05, 0.1) is 12.7 Å². The molecule has 2 N–H and O–H groups in total. The summed E-state index contributed by atoms with van der Waals surface area (Å²) in [5.74, 6) is 0.936. The van der Waals surface area contributed by atoms with E-state index in [1.165, 1.54) is 6.42 Å². The van der Waals surface area contributed by atoms with Gasteiger partial charge >= 0.3 is 0 Å². The third-order valence-corrected chi connectivity index (χ3v) is 3.22. The van der Waals surface area contributed by atoms with E-state index in [2.05, 4.69) is 10.1 Å². The van der Waals surface area contributed by atoms with E-state index in [1.54, 1.807) is 0 Å². The molecule has 6 heteroatoms. The minimum absolute atomic E-state index is 0.334. The lowest BCUT2D eigenvalue weighted by Gasteiger charge is -2.29. The predicted molar refractivity (Wildman–Crippen MR) is 69.4 cm³/mol. The maximum absolute atomic E-state index is 6.18. The van der Waals surface area contributed by atoms with Gasteiger partial charge in [0.15, 0.2) is 5.82 Å². The quantitative estimate of drug-likeness (QED) is 0.724. The molecule has 1 saturated carbocycles. The highest BCUT2D eigenvalue weighted by Crippen LogP contribution is 2.24. The molecule has 108 valence electrons. The molecule has 0 aliphatic heterocycles. The summed E-state index contributed by atoms with van der Waals surface area (Å²) in [5.41, 5.74) is 5.46. The molecule has 2 rings (SSSR count). The highest BCUT2D eigenvalue weighted by molar-refractivity contribution is 5.01. The normalized spacial score (nSPS) is 19.1. The lowest BCUT2D eigenvalue weighted by atomic mass is 9.95. The van der Waals surface area contributed by atoms with Crippen molar-refractivity contribution in [2.75, 3.05) is 13.2 Å². The monoisotopic (exact) mass is 269 g/mol. The van der Waals surface area contributed by atoms with Crippen LogP contribution in [0.1, 0.15) is 51.2 Å². The van der Waals surface area contributed by atoms with Crippen LogP contribution in [0.25, 0.3) is 0 Å². The molecule has 0 saturated heterocycles. The number of rotatable bonds is 8. The molecule has 0 aromatic carbocycles. The Labute approximate surface area is 113 Å². The third kappa shape index (κ3) is 3.99. The Morgan fingerprint density at radius 3 is 2.89 bits per heavy atom. The Bertz CT molecular complexity index is 388. The van der Waals surface area contributed by atoms with Crippen molar-refractivity contribution in [2.24, 2.45) is 5.73 Å². The largest absolute Gasteiger partial charge is 0.376 e. The second-order valence-electron chi connectivity index (χ2n) is 5.35. The molecule has 0 radical (unpaired) electrons. The molecule has 0 spiro atoms. The van der Waals surface area contributed by atoms with E-state index in [1.807, 2.05) is 13.8 Å². The van der Waals surface area contributed by atoms with Crippen LogP contribution in [0.2, 0.25) is 0 Å². The molecule has 0 bridgehead atoms. The molecule has 19 heavy (non-hydrogen) atoms. The molecule has 1 aliphatic rings. The molecule has 0 amide bonds. The van der Waals surface area contributed by atoms with Crippen LogP contribution in [-0.4, -0.2) is 29.5 Å². The van der Waals surface area contributed by atoms with Crippen LogP contribution < -0.4 is 5.73 Å². The van der Waals surface area contributed by atoms with Gasteiger partial charge in [0, 0.05) is 6.61 Å². The molecular weight excluding hydrogens is 246 g/mol. The molecule has 1 atom stereocenters. The van der Waals surface area contributed by atoms with Crippen LogP contribution in [-0.2, 0) is 21.6 Å². The Morgan fingerprint density at radius 2 is 2.26 bits per heavy atom. The molecular formula is C13H23N3O3. The number of hydrogen-bond donors (Lipinski definition) is 1. The van der Waals surface area contributed by atoms with Crippen molar-refractivity contribution in [1.29, 1.82) is 0 Å². The molecule has 1 fully saturated rings. The highest BCUT2D eigenvalue weighted by Gasteiger charge is 2.30. The summed E-state index contributed by atoms with van der Waals surface area (Å²) in [6.45, 7) is 5.33.